The predicted octanol–water partition coefficient (Wildman–Crippen LogP) is 0.778. The van der Waals surface area contributed by atoms with Crippen LogP contribution in [0.2, 0.25) is 0 Å². The Labute approximate surface area is 61.5 Å². The Hall–Kier alpha value is -0.710. The van der Waals surface area contributed by atoms with Crippen molar-refractivity contribution >= 4 is 11.6 Å². The van der Waals surface area contributed by atoms with Crippen LogP contribution in [-0.4, -0.2) is 22.4 Å². The molecule has 0 radical (unpaired) electrons. The van der Waals surface area contributed by atoms with Crippen molar-refractivity contribution in [1.82, 2.24) is 0 Å². The highest BCUT2D eigenvalue weighted by Gasteiger charge is 2.50. The van der Waals surface area contributed by atoms with Crippen molar-refractivity contribution < 1.29 is 4.92 Å². The molecule has 1 aliphatic carbocycles. The van der Waals surface area contributed by atoms with Crippen molar-refractivity contribution in [2.75, 3.05) is 0 Å². The maximum absolute atomic E-state index is 10.0. The number of nitrogens with zero attached hydrogens (tertiary/aromatic N) is 2. The normalized spacial score (nSPS) is 38.3. The van der Waals surface area contributed by atoms with Crippen LogP contribution in [-0.2, 0) is 0 Å². The van der Waals surface area contributed by atoms with E-state index in [1.807, 2.05) is 0 Å². The molecule has 3 atom stereocenters. The van der Waals surface area contributed by atoms with Crippen LogP contribution in [0.15, 0.2) is 5.18 Å². The Bertz CT molecular complexity index is 174. The van der Waals surface area contributed by atoms with Crippen LogP contribution < -0.4 is 0 Å². The highest BCUT2D eigenvalue weighted by molar-refractivity contribution is 6.21. The number of nitroso groups, excluding NO2 is 1. The van der Waals surface area contributed by atoms with Gasteiger partial charge in [-0.3, -0.25) is 10.1 Å². The van der Waals surface area contributed by atoms with Gasteiger partial charge in [-0.2, -0.15) is 4.91 Å². The molecule has 1 saturated carbocycles. The zero-order valence-corrected chi connectivity index (χ0v) is 5.69. The molecule has 2 unspecified atom stereocenters. The first-order valence-electron chi connectivity index (χ1n) is 2.77. The molecule has 0 aromatic rings. The third kappa shape index (κ3) is 0.965. The van der Waals surface area contributed by atoms with Gasteiger partial charge in [-0.25, -0.2) is 0 Å². The highest BCUT2D eigenvalue weighted by Crippen LogP contribution is 2.30. The van der Waals surface area contributed by atoms with E-state index in [1.54, 1.807) is 0 Å². The third-order valence-corrected chi connectivity index (χ3v) is 2.06. The Balaban J connectivity index is 2.53. The summed E-state index contributed by atoms with van der Waals surface area (Å²) in [5.41, 5.74) is 0. The molecular weight excluding hydrogens is 160 g/mol. The molecule has 0 aromatic carbocycles. The summed E-state index contributed by atoms with van der Waals surface area (Å²) < 4.78 is 0. The third-order valence-electron chi connectivity index (χ3n) is 1.62. The van der Waals surface area contributed by atoms with Gasteiger partial charge in [0.1, 0.15) is 0 Å². The van der Waals surface area contributed by atoms with Gasteiger partial charge in [-0.15, -0.1) is 11.6 Å². The molecule has 0 spiro atoms. The molecule has 5 nitrogen and oxygen atoms in total. The minimum absolute atomic E-state index is 0.255. The number of alkyl halides is 1. The van der Waals surface area contributed by atoms with Gasteiger partial charge in [0.2, 0.25) is 6.04 Å². The number of halogens is 1. The van der Waals surface area contributed by atoms with Crippen LogP contribution in [0.25, 0.3) is 0 Å². The number of rotatable bonds is 2. The second kappa shape index (κ2) is 2.49. The first-order valence-corrected chi connectivity index (χ1v) is 3.20. The van der Waals surface area contributed by atoms with Crippen LogP contribution in [0, 0.1) is 15.0 Å². The molecule has 1 aliphatic rings. The number of nitro groups is 1. The van der Waals surface area contributed by atoms with E-state index in [4.69, 9.17) is 11.6 Å². The van der Waals surface area contributed by atoms with Gasteiger partial charge in [-0.05, 0) is 0 Å². The predicted molar refractivity (Wildman–Crippen MR) is 34.6 cm³/mol. The molecule has 1 rings (SSSR count). The molecular formula is C4H5ClN2O3. The molecule has 0 saturated heterocycles. The van der Waals surface area contributed by atoms with Crippen molar-refractivity contribution in [3.8, 4) is 0 Å². The Morgan fingerprint density at radius 2 is 2.30 bits per heavy atom. The molecule has 56 valence electrons. The molecule has 0 aliphatic heterocycles. The van der Waals surface area contributed by atoms with Crippen molar-refractivity contribution in [2.45, 2.75) is 23.9 Å². The van der Waals surface area contributed by atoms with Crippen LogP contribution in [0.1, 0.15) is 6.42 Å². The highest BCUT2D eigenvalue weighted by atomic mass is 35.5. The quantitative estimate of drug-likeness (QED) is 0.262. The largest absolute Gasteiger partial charge is 0.264 e. The second-order valence-electron chi connectivity index (χ2n) is 2.20. The average Bonchev–Trinajstić information content (AvgIpc) is 1.83. The van der Waals surface area contributed by atoms with Gasteiger partial charge in [-0.1, -0.05) is 5.18 Å². The first kappa shape index (κ1) is 7.40. The standard InChI is InChI=1S/C4H5ClN2O3/c5-2-1-3(7(9)10)4(2)6-8/h2-4H,1H2/t2?,3-,4?/m0/s1. The Kier molecular flexibility index (Phi) is 1.85. The summed E-state index contributed by atoms with van der Waals surface area (Å²) in [5.74, 6) is 0. The van der Waals surface area contributed by atoms with Crippen molar-refractivity contribution in [2.24, 2.45) is 5.18 Å². The minimum Gasteiger partial charge on any atom is -0.264 e. The lowest BCUT2D eigenvalue weighted by Crippen LogP contribution is -2.50. The van der Waals surface area contributed by atoms with Gasteiger partial charge in [0.15, 0.2) is 6.04 Å². The van der Waals surface area contributed by atoms with Gasteiger partial charge in [0.25, 0.3) is 0 Å². The summed E-state index contributed by atoms with van der Waals surface area (Å²) in [5, 5.41) is 12.2. The van der Waals surface area contributed by atoms with Crippen LogP contribution in [0.5, 0.6) is 0 Å². The second-order valence-corrected chi connectivity index (χ2v) is 2.76. The van der Waals surface area contributed by atoms with E-state index in [0.717, 1.165) is 0 Å². The lowest BCUT2D eigenvalue weighted by Gasteiger charge is -2.28. The zero-order chi connectivity index (χ0) is 7.72. The van der Waals surface area contributed by atoms with E-state index < -0.39 is 22.4 Å². The average molecular weight is 165 g/mol. The SMILES string of the molecule is O=NC1C(Cl)C[C@@H]1[N+](=O)[O-]. The molecule has 0 N–H and O–H groups in total. The minimum atomic E-state index is -0.847. The van der Waals surface area contributed by atoms with Crippen molar-refractivity contribution in [1.29, 1.82) is 0 Å². The summed E-state index contributed by atoms with van der Waals surface area (Å²) in [7, 11) is 0. The van der Waals surface area contributed by atoms with E-state index in [2.05, 4.69) is 5.18 Å². The van der Waals surface area contributed by atoms with E-state index in [0.29, 0.717) is 0 Å². The summed E-state index contributed by atoms with van der Waals surface area (Å²) in [6.45, 7) is 0. The van der Waals surface area contributed by atoms with E-state index in [1.165, 1.54) is 0 Å². The van der Waals surface area contributed by atoms with Crippen LogP contribution in [0.4, 0.5) is 0 Å². The first-order chi connectivity index (χ1) is 4.66. The zero-order valence-electron chi connectivity index (χ0n) is 4.94. The molecule has 0 bridgehead atoms. The fourth-order valence-corrected chi connectivity index (χ4v) is 1.30. The molecule has 6 heteroatoms. The molecule has 0 amide bonds. The van der Waals surface area contributed by atoms with Crippen LogP contribution >= 0.6 is 11.6 Å². The van der Waals surface area contributed by atoms with Gasteiger partial charge in [0.05, 0.1) is 5.38 Å². The van der Waals surface area contributed by atoms with Crippen molar-refractivity contribution in [3.63, 3.8) is 0 Å². The molecule has 10 heavy (non-hydrogen) atoms. The maximum Gasteiger partial charge on any atom is 0.241 e. The Morgan fingerprint density at radius 1 is 1.70 bits per heavy atom. The lowest BCUT2D eigenvalue weighted by atomic mass is 9.87. The molecule has 0 heterocycles. The maximum atomic E-state index is 10.0. The fraction of sp³-hybridized carbons (Fsp3) is 1.00. The smallest absolute Gasteiger partial charge is 0.241 e. The topological polar surface area (TPSA) is 72.6 Å². The Morgan fingerprint density at radius 3 is 2.50 bits per heavy atom. The molecule has 1 fully saturated rings. The van der Waals surface area contributed by atoms with E-state index >= 15 is 0 Å². The fourth-order valence-electron chi connectivity index (χ4n) is 0.902. The summed E-state index contributed by atoms with van der Waals surface area (Å²) in [4.78, 5) is 19.4. The van der Waals surface area contributed by atoms with Gasteiger partial charge >= 0.3 is 0 Å². The van der Waals surface area contributed by atoms with Gasteiger partial charge < -0.3 is 0 Å². The van der Waals surface area contributed by atoms with Crippen molar-refractivity contribution in [3.05, 3.63) is 15.0 Å². The van der Waals surface area contributed by atoms with Gasteiger partial charge in [0, 0.05) is 11.3 Å². The summed E-state index contributed by atoms with van der Waals surface area (Å²) in [6, 6.07) is -1.67. The van der Waals surface area contributed by atoms with E-state index in [9.17, 15) is 15.0 Å². The number of hydrogen-bond acceptors (Lipinski definition) is 4. The molecule has 0 aromatic heterocycles. The monoisotopic (exact) mass is 164 g/mol. The number of hydrogen-bond donors (Lipinski definition) is 0. The summed E-state index contributed by atoms with van der Waals surface area (Å²) in [6.07, 6.45) is 0.255. The lowest BCUT2D eigenvalue weighted by molar-refractivity contribution is -0.538. The van der Waals surface area contributed by atoms with Crippen LogP contribution in [0.3, 0.4) is 0 Å². The van der Waals surface area contributed by atoms with E-state index in [-0.39, 0.29) is 6.42 Å². The summed E-state index contributed by atoms with van der Waals surface area (Å²) >= 11 is 5.46.